The standard InChI is InChI=1S/C21H31NO6/c1-13(27-20(2,3)4)16(22-19(25)28-21(5,6)7)17(23)14-10-9-11-15(12-14)18(24)26-8/h9-13,16H,1-8H3,(H,22,25). The topological polar surface area (TPSA) is 90.9 Å². The number of benzene rings is 1. The molecule has 0 radical (unpaired) electrons. The van der Waals surface area contributed by atoms with E-state index in [1.54, 1.807) is 45.9 Å². The summed E-state index contributed by atoms with van der Waals surface area (Å²) in [6.07, 6.45) is -1.36. The molecule has 28 heavy (non-hydrogen) atoms. The van der Waals surface area contributed by atoms with Gasteiger partial charge in [0.05, 0.1) is 24.4 Å². The van der Waals surface area contributed by atoms with Crippen LogP contribution in [0.1, 0.15) is 69.2 Å². The number of alkyl carbamates (subject to hydrolysis) is 1. The van der Waals surface area contributed by atoms with Crippen molar-refractivity contribution in [1.29, 1.82) is 0 Å². The molecule has 1 amide bonds. The van der Waals surface area contributed by atoms with E-state index in [2.05, 4.69) is 5.32 Å². The van der Waals surface area contributed by atoms with Crippen molar-refractivity contribution in [3.63, 3.8) is 0 Å². The molecular weight excluding hydrogens is 362 g/mol. The molecule has 7 nitrogen and oxygen atoms in total. The van der Waals surface area contributed by atoms with Gasteiger partial charge in [0, 0.05) is 5.56 Å². The van der Waals surface area contributed by atoms with Crippen LogP contribution in [0.2, 0.25) is 0 Å². The second kappa shape index (κ2) is 9.19. The summed E-state index contributed by atoms with van der Waals surface area (Å²) < 4.78 is 15.9. The third kappa shape index (κ3) is 7.68. The molecule has 1 aromatic rings. The van der Waals surface area contributed by atoms with E-state index in [4.69, 9.17) is 14.2 Å². The van der Waals surface area contributed by atoms with E-state index >= 15 is 0 Å². The Morgan fingerprint density at radius 2 is 1.54 bits per heavy atom. The fraction of sp³-hybridized carbons (Fsp3) is 0.571. The molecule has 1 aromatic carbocycles. The molecule has 0 saturated heterocycles. The van der Waals surface area contributed by atoms with E-state index in [1.807, 2.05) is 20.8 Å². The highest BCUT2D eigenvalue weighted by molar-refractivity contribution is 6.03. The van der Waals surface area contributed by atoms with Gasteiger partial charge in [-0.1, -0.05) is 12.1 Å². The number of hydrogen-bond donors (Lipinski definition) is 1. The first-order chi connectivity index (χ1) is 12.7. The van der Waals surface area contributed by atoms with E-state index in [0.29, 0.717) is 0 Å². The van der Waals surface area contributed by atoms with Crippen molar-refractivity contribution in [3.8, 4) is 0 Å². The minimum atomic E-state index is -0.998. The lowest BCUT2D eigenvalue weighted by molar-refractivity contribution is -0.0621. The number of nitrogens with one attached hydrogen (secondary N) is 1. The van der Waals surface area contributed by atoms with E-state index in [1.165, 1.54) is 13.2 Å². The van der Waals surface area contributed by atoms with Gasteiger partial charge < -0.3 is 19.5 Å². The van der Waals surface area contributed by atoms with Crippen LogP contribution >= 0.6 is 0 Å². The second-order valence-electron chi connectivity index (χ2n) is 8.50. The average molecular weight is 393 g/mol. The number of amides is 1. The number of ketones is 1. The molecule has 0 saturated carbocycles. The monoisotopic (exact) mass is 393 g/mol. The predicted molar refractivity (Wildman–Crippen MR) is 106 cm³/mol. The zero-order chi connectivity index (χ0) is 21.7. The van der Waals surface area contributed by atoms with Gasteiger partial charge in [0.1, 0.15) is 11.6 Å². The minimum Gasteiger partial charge on any atom is -0.465 e. The van der Waals surface area contributed by atoms with Gasteiger partial charge in [-0.15, -0.1) is 0 Å². The quantitative estimate of drug-likeness (QED) is 0.585. The largest absolute Gasteiger partial charge is 0.465 e. The van der Waals surface area contributed by atoms with Crippen LogP contribution in [0.25, 0.3) is 0 Å². The Kier molecular flexibility index (Phi) is 7.75. The Morgan fingerprint density at radius 1 is 0.964 bits per heavy atom. The first kappa shape index (κ1) is 23.6. The molecule has 0 aromatic heterocycles. The van der Waals surface area contributed by atoms with Crippen molar-refractivity contribution in [2.45, 2.75) is 71.8 Å². The molecular formula is C21H31NO6. The molecule has 7 heteroatoms. The van der Waals surface area contributed by atoms with E-state index < -0.39 is 41.2 Å². The second-order valence-corrected chi connectivity index (χ2v) is 8.50. The lowest BCUT2D eigenvalue weighted by Gasteiger charge is -2.31. The maximum Gasteiger partial charge on any atom is 0.408 e. The van der Waals surface area contributed by atoms with Gasteiger partial charge in [0.2, 0.25) is 0 Å². The van der Waals surface area contributed by atoms with Crippen LogP contribution < -0.4 is 5.32 Å². The van der Waals surface area contributed by atoms with Gasteiger partial charge in [-0.05, 0) is 60.6 Å². The summed E-state index contributed by atoms with van der Waals surface area (Å²) in [5.74, 6) is -0.946. The van der Waals surface area contributed by atoms with Crippen LogP contribution in [0, 0.1) is 0 Å². The number of Topliss-reactive ketones (excluding diaryl/α,β-unsaturated/α-hetero) is 1. The molecule has 2 unspecified atom stereocenters. The molecule has 0 aliphatic heterocycles. The third-order valence-corrected chi connectivity index (χ3v) is 3.53. The fourth-order valence-corrected chi connectivity index (χ4v) is 2.55. The van der Waals surface area contributed by atoms with Crippen molar-refractivity contribution in [1.82, 2.24) is 5.32 Å². The first-order valence-electron chi connectivity index (χ1n) is 9.13. The molecule has 1 N–H and O–H groups in total. The number of carbonyl (C=O) groups excluding carboxylic acids is 3. The summed E-state index contributed by atoms with van der Waals surface area (Å²) in [5.41, 5.74) is -0.736. The Balaban J connectivity index is 3.17. The highest BCUT2D eigenvalue weighted by Gasteiger charge is 2.33. The van der Waals surface area contributed by atoms with Crippen molar-refractivity contribution >= 4 is 17.8 Å². The van der Waals surface area contributed by atoms with E-state index in [0.717, 1.165) is 0 Å². The average Bonchev–Trinajstić information content (AvgIpc) is 2.55. The molecule has 0 aliphatic carbocycles. The lowest BCUT2D eigenvalue weighted by Crippen LogP contribution is -2.51. The first-order valence-corrected chi connectivity index (χ1v) is 9.13. The zero-order valence-corrected chi connectivity index (χ0v) is 17.9. The summed E-state index contributed by atoms with van der Waals surface area (Å²) in [7, 11) is 1.27. The minimum absolute atomic E-state index is 0.244. The van der Waals surface area contributed by atoms with Crippen molar-refractivity contribution in [2.24, 2.45) is 0 Å². The van der Waals surface area contributed by atoms with Crippen molar-refractivity contribution in [3.05, 3.63) is 35.4 Å². The molecule has 0 bridgehead atoms. The van der Waals surface area contributed by atoms with Crippen LogP contribution in [0.5, 0.6) is 0 Å². The molecule has 0 fully saturated rings. The van der Waals surface area contributed by atoms with Gasteiger partial charge in [0.25, 0.3) is 0 Å². The molecule has 0 spiro atoms. The summed E-state index contributed by atoms with van der Waals surface area (Å²) in [4.78, 5) is 37.2. The van der Waals surface area contributed by atoms with E-state index in [9.17, 15) is 14.4 Å². The van der Waals surface area contributed by atoms with Crippen LogP contribution in [-0.4, -0.2) is 48.3 Å². The maximum absolute atomic E-state index is 13.1. The van der Waals surface area contributed by atoms with Crippen molar-refractivity contribution in [2.75, 3.05) is 7.11 Å². The normalized spacial score (nSPS) is 14.0. The predicted octanol–water partition coefficient (Wildman–Crippen LogP) is 3.75. The number of hydrogen-bond acceptors (Lipinski definition) is 6. The van der Waals surface area contributed by atoms with Crippen molar-refractivity contribution < 1.29 is 28.6 Å². The smallest absolute Gasteiger partial charge is 0.408 e. The number of rotatable bonds is 6. The molecule has 0 aliphatic rings. The van der Waals surface area contributed by atoms with Crippen LogP contribution in [-0.2, 0) is 14.2 Å². The fourth-order valence-electron chi connectivity index (χ4n) is 2.55. The number of carbonyl (C=O) groups is 3. The van der Waals surface area contributed by atoms with Gasteiger partial charge >= 0.3 is 12.1 Å². The van der Waals surface area contributed by atoms with Gasteiger partial charge in [-0.2, -0.15) is 0 Å². The van der Waals surface area contributed by atoms with E-state index in [-0.39, 0.29) is 11.1 Å². The zero-order valence-electron chi connectivity index (χ0n) is 17.9. The summed E-state index contributed by atoms with van der Waals surface area (Å²) >= 11 is 0. The van der Waals surface area contributed by atoms with Crippen LogP contribution in [0.15, 0.2) is 24.3 Å². The number of ether oxygens (including phenoxy) is 3. The Morgan fingerprint density at radius 3 is 2.04 bits per heavy atom. The Hall–Kier alpha value is -2.41. The lowest BCUT2D eigenvalue weighted by atomic mass is 9.98. The van der Waals surface area contributed by atoms with Crippen LogP contribution in [0.3, 0.4) is 0 Å². The molecule has 156 valence electrons. The van der Waals surface area contributed by atoms with Gasteiger partial charge in [-0.25, -0.2) is 9.59 Å². The SMILES string of the molecule is COC(=O)c1cccc(C(=O)C(NC(=O)OC(C)(C)C)C(C)OC(C)(C)C)c1. The number of methoxy groups -OCH3 is 1. The molecule has 1 rings (SSSR count). The van der Waals surface area contributed by atoms with Gasteiger partial charge in [-0.3, -0.25) is 4.79 Å². The molecule has 2 atom stereocenters. The third-order valence-electron chi connectivity index (χ3n) is 3.53. The Bertz CT molecular complexity index is 714. The van der Waals surface area contributed by atoms with Crippen LogP contribution in [0.4, 0.5) is 4.79 Å². The van der Waals surface area contributed by atoms with Gasteiger partial charge in [0.15, 0.2) is 5.78 Å². The highest BCUT2D eigenvalue weighted by atomic mass is 16.6. The summed E-state index contributed by atoms with van der Waals surface area (Å²) in [6, 6.07) is 5.14. The Labute approximate surface area is 166 Å². The summed E-state index contributed by atoms with van der Waals surface area (Å²) in [5, 5.41) is 2.60. The summed E-state index contributed by atoms with van der Waals surface area (Å²) in [6.45, 7) is 12.5. The highest BCUT2D eigenvalue weighted by Crippen LogP contribution is 2.18. The molecule has 0 heterocycles. The number of esters is 1. The maximum atomic E-state index is 13.1.